The maximum absolute atomic E-state index is 12.0. The lowest BCUT2D eigenvalue weighted by molar-refractivity contribution is -0.121. The van der Waals surface area contributed by atoms with E-state index >= 15 is 0 Å². The van der Waals surface area contributed by atoms with E-state index in [2.05, 4.69) is 30.0 Å². The van der Waals surface area contributed by atoms with Crippen molar-refractivity contribution in [2.24, 2.45) is 11.8 Å². The summed E-state index contributed by atoms with van der Waals surface area (Å²) in [5.74, 6) is 0.931. The minimum Gasteiger partial charge on any atom is -0.358 e. The molecule has 1 aromatic rings. The zero-order chi connectivity index (χ0) is 18.2. The third-order valence-corrected chi connectivity index (χ3v) is 5.23. The molecule has 3 atom stereocenters. The van der Waals surface area contributed by atoms with Crippen LogP contribution in [-0.4, -0.2) is 22.8 Å². The molecule has 1 aliphatic rings. The van der Waals surface area contributed by atoms with Gasteiger partial charge in [-0.05, 0) is 30.5 Å². The molecule has 2 rings (SSSR count). The lowest BCUT2D eigenvalue weighted by Crippen LogP contribution is -2.52. The summed E-state index contributed by atoms with van der Waals surface area (Å²) in [5.41, 5.74) is 5.92. The summed E-state index contributed by atoms with van der Waals surface area (Å²) in [5, 5.41) is 3.71. The second-order valence-corrected chi connectivity index (χ2v) is 7.22. The minimum atomic E-state index is -0.251. The summed E-state index contributed by atoms with van der Waals surface area (Å²) in [6.07, 6.45) is 3.84. The highest BCUT2D eigenvalue weighted by Gasteiger charge is 2.27. The standard InChI is InChI=1S/C19H27N3O2S/c1-13-7-6-10-16(14(13)2)20-19(25)22-21-18(24)12-11-17(23)15-8-4-3-5-9-15/h3-5,8-9,13-14,16H,6-7,10-12H2,1-2H3,(H,21,24)(H2,20,22,25)/t13-,14+,16+/m0/s1. The average Bonchev–Trinajstić information content (AvgIpc) is 2.62. The molecule has 6 heteroatoms. The van der Waals surface area contributed by atoms with Crippen LogP contribution < -0.4 is 16.2 Å². The van der Waals surface area contributed by atoms with Crippen molar-refractivity contribution < 1.29 is 9.59 Å². The van der Waals surface area contributed by atoms with Crippen LogP contribution in [0.2, 0.25) is 0 Å². The van der Waals surface area contributed by atoms with Crippen molar-refractivity contribution in [3.63, 3.8) is 0 Å². The normalized spacial score (nSPS) is 22.7. The molecular weight excluding hydrogens is 334 g/mol. The van der Waals surface area contributed by atoms with Gasteiger partial charge in [0.1, 0.15) is 0 Å². The number of rotatable bonds is 5. The molecule has 1 saturated carbocycles. The Labute approximate surface area is 154 Å². The molecule has 136 valence electrons. The van der Waals surface area contributed by atoms with Crippen LogP contribution in [0.5, 0.6) is 0 Å². The molecule has 1 amide bonds. The highest BCUT2D eigenvalue weighted by molar-refractivity contribution is 7.80. The predicted octanol–water partition coefficient (Wildman–Crippen LogP) is 2.97. The molecular formula is C19H27N3O2S. The van der Waals surface area contributed by atoms with Gasteiger partial charge in [0.25, 0.3) is 0 Å². The van der Waals surface area contributed by atoms with Crippen LogP contribution in [0, 0.1) is 11.8 Å². The topological polar surface area (TPSA) is 70.2 Å². The number of carbonyl (C=O) groups excluding carboxylic acids is 2. The molecule has 0 heterocycles. The Morgan fingerprint density at radius 1 is 1.08 bits per heavy atom. The number of benzene rings is 1. The van der Waals surface area contributed by atoms with Gasteiger partial charge in [0.15, 0.2) is 10.9 Å². The molecule has 0 saturated heterocycles. The van der Waals surface area contributed by atoms with E-state index in [1.807, 2.05) is 18.2 Å². The number of amides is 1. The van der Waals surface area contributed by atoms with Crippen LogP contribution in [-0.2, 0) is 4.79 Å². The molecule has 1 aromatic carbocycles. The first-order valence-electron chi connectivity index (χ1n) is 8.91. The largest absolute Gasteiger partial charge is 0.358 e. The maximum Gasteiger partial charge on any atom is 0.238 e. The van der Waals surface area contributed by atoms with Crippen LogP contribution in [0.3, 0.4) is 0 Å². The van der Waals surface area contributed by atoms with Crippen molar-refractivity contribution in [2.75, 3.05) is 0 Å². The summed E-state index contributed by atoms with van der Waals surface area (Å²) in [6.45, 7) is 4.50. The van der Waals surface area contributed by atoms with Gasteiger partial charge < -0.3 is 5.32 Å². The summed E-state index contributed by atoms with van der Waals surface area (Å²) in [6, 6.07) is 9.32. The smallest absolute Gasteiger partial charge is 0.238 e. The van der Waals surface area contributed by atoms with E-state index in [0.29, 0.717) is 28.6 Å². The quantitative estimate of drug-likeness (QED) is 0.427. The molecule has 1 fully saturated rings. The minimum absolute atomic E-state index is 0.0403. The van der Waals surface area contributed by atoms with E-state index in [1.165, 1.54) is 12.8 Å². The number of hydrogen-bond acceptors (Lipinski definition) is 3. The number of hydrogen-bond donors (Lipinski definition) is 3. The highest BCUT2D eigenvalue weighted by atomic mass is 32.1. The molecule has 0 aromatic heterocycles. The molecule has 5 nitrogen and oxygen atoms in total. The second kappa shape index (κ2) is 9.51. The molecule has 25 heavy (non-hydrogen) atoms. The molecule has 0 unspecified atom stereocenters. The Hall–Kier alpha value is -1.95. The van der Waals surface area contributed by atoms with E-state index < -0.39 is 0 Å². The average molecular weight is 362 g/mol. The predicted molar refractivity (Wildman–Crippen MR) is 103 cm³/mol. The summed E-state index contributed by atoms with van der Waals surface area (Å²) >= 11 is 5.25. The van der Waals surface area contributed by atoms with Crippen LogP contribution >= 0.6 is 12.2 Å². The fourth-order valence-electron chi connectivity index (χ4n) is 3.17. The molecule has 0 aliphatic heterocycles. The number of Topliss-reactive ketones (excluding diaryl/α,β-unsaturated/α-hetero) is 1. The van der Waals surface area contributed by atoms with E-state index in [-0.39, 0.29) is 24.5 Å². The molecule has 1 aliphatic carbocycles. The number of carbonyl (C=O) groups is 2. The van der Waals surface area contributed by atoms with Crippen molar-refractivity contribution in [3.8, 4) is 0 Å². The second-order valence-electron chi connectivity index (χ2n) is 6.81. The van der Waals surface area contributed by atoms with E-state index in [9.17, 15) is 9.59 Å². The number of thiocarbonyl (C=S) groups is 1. The summed E-state index contributed by atoms with van der Waals surface area (Å²) in [4.78, 5) is 23.9. The van der Waals surface area contributed by atoms with Crippen LogP contribution in [0.25, 0.3) is 0 Å². The Morgan fingerprint density at radius 3 is 2.52 bits per heavy atom. The number of hydrazine groups is 1. The van der Waals surface area contributed by atoms with Crippen molar-refractivity contribution >= 4 is 29.0 Å². The van der Waals surface area contributed by atoms with Gasteiger partial charge in [0.2, 0.25) is 5.91 Å². The summed E-state index contributed by atoms with van der Waals surface area (Å²) in [7, 11) is 0. The highest BCUT2D eigenvalue weighted by Crippen LogP contribution is 2.29. The van der Waals surface area contributed by atoms with E-state index in [0.717, 1.165) is 6.42 Å². The Bertz CT molecular complexity index is 606. The SMILES string of the molecule is C[C@@H]1[C@@H](C)CCC[C@H]1NC(=S)NNC(=O)CCC(=O)c1ccccc1. The van der Waals surface area contributed by atoms with Gasteiger partial charge in [-0.15, -0.1) is 0 Å². The van der Waals surface area contributed by atoms with Crippen LogP contribution in [0.15, 0.2) is 30.3 Å². The zero-order valence-electron chi connectivity index (χ0n) is 14.9. The van der Waals surface area contributed by atoms with Gasteiger partial charge in [0.05, 0.1) is 0 Å². The molecule has 0 bridgehead atoms. The zero-order valence-corrected chi connectivity index (χ0v) is 15.7. The first-order chi connectivity index (χ1) is 12.0. The van der Waals surface area contributed by atoms with Gasteiger partial charge in [0, 0.05) is 24.4 Å². The van der Waals surface area contributed by atoms with Gasteiger partial charge in [-0.3, -0.25) is 20.4 Å². The fourth-order valence-corrected chi connectivity index (χ4v) is 3.38. The first kappa shape index (κ1) is 19.4. The third kappa shape index (κ3) is 6.12. The van der Waals surface area contributed by atoms with Crippen LogP contribution in [0.1, 0.15) is 56.3 Å². The van der Waals surface area contributed by atoms with E-state index in [1.54, 1.807) is 12.1 Å². The first-order valence-corrected chi connectivity index (χ1v) is 9.31. The van der Waals surface area contributed by atoms with Crippen molar-refractivity contribution in [3.05, 3.63) is 35.9 Å². The van der Waals surface area contributed by atoms with Crippen molar-refractivity contribution in [1.82, 2.24) is 16.2 Å². The summed E-state index contributed by atoms with van der Waals surface area (Å²) < 4.78 is 0. The number of ketones is 1. The van der Waals surface area contributed by atoms with Gasteiger partial charge in [-0.25, -0.2) is 0 Å². The molecule has 0 spiro atoms. The maximum atomic E-state index is 12.0. The number of nitrogens with one attached hydrogen (secondary N) is 3. The lowest BCUT2D eigenvalue weighted by atomic mass is 9.78. The van der Waals surface area contributed by atoms with Gasteiger partial charge in [-0.1, -0.05) is 57.0 Å². The fraction of sp³-hybridized carbons (Fsp3) is 0.526. The molecule has 3 N–H and O–H groups in total. The lowest BCUT2D eigenvalue weighted by Gasteiger charge is -2.35. The van der Waals surface area contributed by atoms with Crippen molar-refractivity contribution in [2.45, 2.75) is 52.0 Å². The van der Waals surface area contributed by atoms with Gasteiger partial charge in [-0.2, -0.15) is 0 Å². The van der Waals surface area contributed by atoms with Gasteiger partial charge >= 0.3 is 0 Å². The van der Waals surface area contributed by atoms with Crippen molar-refractivity contribution in [1.29, 1.82) is 0 Å². The third-order valence-electron chi connectivity index (χ3n) is 5.01. The Morgan fingerprint density at radius 2 is 1.80 bits per heavy atom. The Kier molecular flexibility index (Phi) is 7.37. The Balaban J connectivity index is 1.67. The van der Waals surface area contributed by atoms with Crippen LogP contribution in [0.4, 0.5) is 0 Å². The monoisotopic (exact) mass is 361 g/mol. The van der Waals surface area contributed by atoms with E-state index in [4.69, 9.17) is 12.2 Å². The molecule has 0 radical (unpaired) electrons.